The smallest absolute Gasteiger partial charge is 0.238 e. The Bertz CT molecular complexity index is 530. The molecule has 1 aliphatic rings. The second-order valence-corrected chi connectivity index (χ2v) is 4.95. The molecule has 21 heavy (non-hydrogen) atoms. The van der Waals surface area contributed by atoms with Gasteiger partial charge in [0.05, 0.1) is 12.2 Å². The minimum atomic E-state index is -0.537. The molecule has 6 nitrogen and oxygen atoms in total. The first-order valence-corrected chi connectivity index (χ1v) is 6.84. The lowest BCUT2D eigenvalue weighted by Crippen LogP contribution is -2.46. The van der Waals surface area contributed by atoms with Crippen molar-refractivity contribution in [3.63, 3.8) is 0 Å². The van der Waals surface area contributed by atoms with Crippen LogP contribution in [0.15, 0.2) is 18.2 Å². The molecule has 1 heterocycles. The molecule has 0 atom stereocenters. The monoisotopic (exact) mass is 294 g/mol. The van der Waals surface area contributed by atoms with E-state index in [2.05, 4.69) is 16.0 Å². The van der Waals surface area contributed by atoms with Gasteiger partial charge in [-0.05, 0) is 18.2 Å². The predicted octanol–water partition coefficient (Wildman–Crippen LogP) is 0.628. The van der Waals surface area contributed by atoms with Gasteiger partial charge in [-0.15, -0.1) is 0 Å². The summed E-state index contributed by atoms with van der Waals surface area (Å²) in [6, 6.07) is 4.09. The fraction of sp³-hybridized carbons (Fsp3) is 0.429. The molecule has 0 aliphatic carbocycles. The highest BCUT2D eigenvalue weighted by Gasteiger charge is 2.14. The highest BCUT2D eigenvalue weighted by Crippen LogP contribution is 2.19. The molecule has 1 saturated heterocycles. The molecule has 2 rings (SSSR count). The van der Waals surface area contributed by atoms with Gasteiger partial charge < -0.3 is 16.0 Å². The Balaban J connectivity index is 1.95. The second-order valence-electron chi connectivity index (χ2n) is 4.95. The van der Waals surface area contributed by atoms with Crippen molar-refractivity contribution >= 4 is 23.2 Å². The quantitative estimate of drug-likeness (QED) is 0.761. The molecule has 0 spiro atoms. The lowest BCUT2D eigenvalue weighted by Gasteiger charge is -2.26. The van der Waals surface area contributed by atoms with E-state index >= 15 is 0 Å². The normalized spacial score (nSPS) is 15.5. The molecule has 1 aliphatic heterocycles. The van der Waals surface area contributed by atoms with Gasteiger partial charge in [-0.2, -0.15) is 0 Å². The zero-order valence-corrected chi connectivity index (χ0v) is 11.9. The first kappa shape index (κ1) is 15.4. The van der Waals surface area contributed by atoms with E-state index in [1.54, 1.807) is 0 Å². The number of hydrogen-bond acceptors (Lipinski definition) is 4. The van der Waals surface area contributed by atoms with Crippen LogP contribution in [0.25, 0.3) is 0 Å². The summed E-state index contributed by atoms with van der Waals surface area (Å²) < 4.78 is 13.5. The molecule has 0 radical (unpaired) electrons. The van der Waals surface area contributed by atoms with Crippen molar-refractivity contribution in [1.29, 1.82) is 0 Å². The third-order valence-corrected chi connectivity index (χ3v) is 3.14. The van der Waals surface area contributed by atoms with Crippen molar-refractivity contribution in [2.45, 2.75) is 6.92 Å². The number of carbonyl (C=O) groups excluding carboxylic acids is 2. The maximum absolute atomic E-state index is 13.5. The third kappa shape index (κ3) is 4.80. The van der Waals surface area contributed by atoms with Crippen LogP contribution in [0.5, 0.6) is 0 Å². The summed E-state index contributed by atoms with van der Waals surface area (Å²) in [5.74, 6) is -1.05. The Kier molecular flexibility index (Phi) is 5.24. The number of piperazine rings is 1. The van der Waals surface area contributed by atoms with E-state index in [9.17, 15) is 14.0 Å². The van der Waals surface area contributed by atoms with Gasteiger partial charge in [0.25, 0.3) is 0 Å². The summed E-state index contributed by atoms with van der Waals surface area (Å²) in [7, 11) is 0. The summed E-state index contributed by atoms with van der Waals surface area (Å²) in [5, 5.41) is 8.31. The minimum Gasteiger partial charge on any atom is -0.325 e. The van der Waals surface area contributed by atoms with E-state index in [4.69, 9.17) is 0 Å². The molecule has 0 aromatic heterocycles. The molecule has 2 amide bonds. The zero-order valence-electron chi connectivity index (χ0n) is 11.9. The van der Waals surface area contributed by atoms with Crippen LogP contribution in [-0.2, 0) is 9.59 Å². The van der Waals surface area contributed by atoms with Gasteiger partial charge in [-0.1, -0.05) is 0 Å². The van der Waals surface area contributed by atoms with E-state index in [-0.39, 0.29) is 17.5 Å². The molecule has 0 unspecified atom stereocenters. The van der Waals surface area contributed by atoms with Crippen molar-refractivity contribution < 1.29 is 14.0 Å². The Morgan fingerprint density at radius 1 is 1.29 bits per heavy atom. The van der Waals surface area contributed by atoms with Gasteiger partial charge in [-0.25, -0.2) is 4.39 Å². The number of halogens is 1. The molecule has 1 fully saturated rings. The van der Waals surface area contributed by atoms with Gasteiger partial charge in [0.15, 0.2) is 0 Å². The van der Waals surface area contributed by atoms with E-state index in [0.717, 1.165) is 26.2 Å². The van der Waals surface area contributed by atoms with Crippen LogP contribution in [0, 0.1) is 5.82 Å². The van der Waals surface area contributed by atoms with Gasteiger partial charge in [-0.3, -0.25) is 14.5 Å². The molecular formula is C14H19FN4O2. The summed E-state index contributed by atoms with van der Waals surface area (Å²) in [6.07, 6.45) is 0. The standard InChI is InChI=1S/C14H19FN4O2/c1-10(20)17-13-8-11(2-3-12(13)15)18-14(21)9-19-6-4-16-5-7-19/h2-3,8,16H,4-7,9H2,1H3,(H,17,20)(H,18,21). The van der Waals surface area contributed by atoms with Crippen LogP contribution in [0.1, 0.15) is 6.92 Å². The molecule has 1 aromatic rings. The first-order valence-electron chi connectivity index (χ1n) is 6.84. The van der Waals surface area contributed by atoms with Crippen molar-refractivity contribution in [1.82, 2.24) is 10.2 Å². The van der Waals surface area contributed by atoms with Crippen LogP contribution < -0.4 is 16.0 Å². The summed E-state index contributed by atoms with van der Waals surface area (Å²) in [4.78, 5) is 25.0. The van der Waals surface area contributed by atoms with Crippen molar-refractivity contribution in [2.75, 3.05) is 43.4 Å². The largest absolute Gasteiger partial charge is 0.325 e. The summed E-state index contributed by atoms with van der Waals surface area (Å²) in [5.41, 5.74) is 0.516. The summed E-state index contributed by atoms with van der Waals surface area (Å²) in [6.45, 7) is 5.00. The van der Waals surface area contributed by atoms with E-state index < -0.39 is 5.82 Å². The molecule has 0 bridgehead atoms. The first-order chi connectivity index (χ1) is 10.0. The minimum absolute atomic E-state index is 0.0578. The zero-order chi connectivity index (χ0) is 15.2. The van der Waals surface area contributed by atoms with Crippen LogP contribution in [0.3, 0.4) is 0 Å². The maximum Gasteiger partial charge on any atom is 0.238 e. The van der Waals surface area contributed by atoms with Crippen LogP contribution in [0.4, 0.5) is 15.8 Å². The molecule has 1 aromatic carbocycles. The number of rotatable bonds is 4. The van der Waals surface area contributed by atoms with E-state index in [1.807, 2.05) is 4.90 Å². The van der Waals surface area contributed by atoms with Crippen LogP contribution in [0.2, 0.25) is 0 Å². The van der Waals surface area contributed by atoms with Crippen molar-refractivity contribution in [3.8, 4) is 0 Å². The molecular weight excluding hydrogens is 275 g/mol. The van der Waals surface area contributed by atoms with Gasteiger partial charge in [0.1, 0.15) is 5.82 Å². The number of carbonyl (C=O) groups is 2. The predicted molar refractivity (Wildman–Crippen MR) is 78.6 cm³/mol. The maximum atomic E-state index is 13.5. The fourth-order valence-corrected chi connectivity index (χ4v) is 2.16. The highest BCUT2D eigenvalue weighted by molar-refractivity contribution is 5.94. The van der Waals surface area contributed by atoms with Gasteiger partial charge in [0.2, 0.25) is 11.8 Å². The van der Waals surface area contributed by atoms with Crippen LogP contribution in [-0.4, -0.2) is 49.4 Å². The molecule has 7 heteroatoms. The molecule has 114 valence electrons. The Labute approximate surface area is 122 Å². The summed E-state index contributed by atoms with van der Waals surface area (Å²) >= 11 is 0. The number of amides is 2. The molecule has 0 saturated carbocycles. The third-order valence-electron chi connectivity index (χ3n) is 3.14. The fourth-order valence-electron chi connectivity index (χ4n) is 2.16. The topological polar surface area (TPSA) is 73.5 Å². The Hall–Kier alpha value is -1.99. The van der Waals surface area contributed by atoms with E-state index in [1.165, 1.54) is 25.1 Å². The number of hydrogen-bond donors (Lipinski definition) is 3. The number of nitrogens with one attached hydrogen (secondary N) is 3. The number of anilines is 2. The van der Waals surface area contributed by atoms with Gasteiger partial charge >= 0.3 is 0 Å². The number of benzene rings is 1. The highest BCUT2D eigenvalue weighted by atomic mass is 19.1. The number of nitrogens with zero attached hydrogens (tertiary/aromatic N) is 1. The lowest BCUT2D eigenvalue weighted by atomic mass is 10.2. The lowest BCUT2D eigenvalue weighted by molar-refractivity contribution is -0.117. The SMILES string of the molecule is CC(=O)Nc1cc(NC(=O)CN2CCNCC2)ccc1F. The molecule has 3 N–H and O–H groups in total. The van der Waals surface area contributed by atoms with Crippen molar-refractivity contribution in [3.05, 3.63) is 24.0 Å². The van der Waals surface area contributed by atoms with E-state index in [0.29, 0.717) is 12.2 Å². The Morgan fingerprint density at radius 3 is 2.67 bits per heavy atom. The second kappa shape index (κ2) is 7.14. The average Bonchev–Trinajstić information content (AvgIpc) is 2.43. The Morgan fingerprint density at radius 2 is 2.00 bits per heavy atom. The van der Waals surface area contributed by atoms with Gasteiger partial charge in [0, 0.05) is 38.8 Å². The van der Waals surface area contributed by atoms with Crippen molar-refractivity contribution in [2.24, 2.45) is 0 Å². The van der Waals surface area contributed by atoms with Crippen LogP contribution >= 0.6 is 0 Å². The average molecular weight is 294 g/mol.